The van der Waals surface area contributed by atoms with E-state index >= 15 is 0 Å². The topological polar surface area (TPSA) is 43.2 Å². The molecule has 0 radical (unpaired) electrons. The van der Waals surface area contributed by atoms with E-state index in [1.54, 1.807) is 0 Å². The first-order valence-electron chi connectivity index (χ1n) is 10.8. The average Bonchev–Trinajstić information content (AvgIpc) is 3.23. The van der Waals surface area contributed by atoms with Gasteiger partial charge in [0.1, 0.15) is 5.76 Å². The standard InChI is InChI=1S/C23H32N4O2/c1-3-24-10-16-27(17-11-24)23(28)22-9-8-21(29-22)18-25-12-14-26(15-13-25)20-6-4-19(2)5-7-20/h4-9H,3,10-18H2,1-2H3. The molecule has 3 heterocycles. The van der Waals surface area contributed by atoms with Crippen LogP contribution >= 0.6 is 0 Å². The minimum Gasteiger partial charge on any atom is -0.455 e. The summed E-state index contributed by atoms with van der Waals surface area (Å²) in [6.45, 7) is 13.6. The number of piperazine rings is 2. The SMILES string of the molecule is CCN1CCN(C(=O)c2ccc(CN3CCN(c4ccc(C)cc4)CC3)o2)CC1. The predicted octanol–water partition coefficient (Wildman–Crippen LogP) is 2.69. The average molecular weight is 397 g/mol. The van der Waals surface area contributed by atoms with Crippen molar-refractivity contribution in [2.24, 2.45) is 0 Å². The second-order valence-electron chi connectivity index (χ2n) is 8.09. The third-order valence-corrected chi connectivity index (χ3v) is 6.13. The van der Waals surface area contributed by atoms with Crippen molar-refractivity contribution in [2.45, 2.75) is 20.4 Å². The normalized spacial score (nSPS) is 19.0. The highest BCUT2D eigenvalue weighted by molar-refractivity contribution is 5.91. The molecule has 6 heteroatoms. The molecule has 0 saturated carbocycles. The molecular formula is C23H32N4O2. The Labute approximate surface area is 173 Å². The second kappa shape index (κ2) is 9.01. The van der Waals surface area contributed by atoms with Gasteiger partial charge in [0.05, 0.1) is 6.54 Å². The largest absolute Gasteiger partial charge is 0.455 e. The maximum Gasteiger partial charge on any atom is 0.289 e. The Morgan fingerprint density at radius 3 is 2.17 bits per heavy atom. The monoisotopic (exact) mass is 396 g/mol. The highest BCUT2D eigenvalue weighted by Gasteiger charge is 2.24. The molecule has 0 bridgehead atoms. The number of carbonyl (C=O) groups excluding carboxylic acids is 1. The van der Waals surface area contributed by atoms with Gasteiger partial charge in [0, 0.05) is 58.0 Å². The number of aryl methyl sites for hydroxylation is 1. The molecule has 2 saturated heterocycles. The van der Waals surface area contributed by atoms with Gasteiger partial charge >= 0.3 is 0 Å². The zero-order valence-corrected chi connectivity index (χ0v) is 17.6. The van der Waals surface area contributed by atoms with Gasteiger partial charge < -0.3 is 19.1 Å². The zero-order chi connectivity index (χ0) is 20.2. The lowest BCUT2D eigenvalue weighted by molar-refractivity contribution is 0.0608. The van der Waals surface area contributed by atoms with Crippen LogP contribution in [0.2, 0.25) is 0 Å². The zero-order valence-electron chi connectivity index (χ0n) is 17.6. The van der Waals surface area contributed by atoms with Crippen LogP contribution in [0.3, 0.4) is 0 Å². The summed E-state index contributed by atoms with van der Waals surface area (Å²) in [6, 6.07) is 12.6. The summed E-state index contributed by atoms with van der Waals surface area (Å²) >= 11 is 0. The molecule has 29 heavy (non-hydrogen) atoms. The molecule has 0 atom stereocenters. The summed E-state index contributed by atoms with van der Waals surface area (Å²) < 4.78 is 5.92. The molecule has 0 spiro atoms. The van der Waals surface area contributed by atoms with E-state index in [9.17, 15) is 4.79 Å². The van der Waals surface area contributed by atoms with Crippen LogP contribution in [-0.2, 0) is 6.54 Å². The van der Waals surface area contributed by atoms with E-state index in [0.29, 0.717) is 5.76 Å². The van der Waals surface area contributed by atoms with Crippen molar-refractivity contribution >= 4 is 11.6 Å². The lowest BCUT2D eigenvalue weighted by atomic mass is 10.2. The van der Waals surface area contributed by atoms with Crippen LogP contribution in [0.1, 0.15) is 28.8 Å². The number of hydrogen-bond donors (Lipinski definition) is 0. The first kappa shape index (κ1) is 20.0. The molecule has 6 nitrogen and oxygen atoms in total. The molecular weight excluding hydrogens is 364 g/mol. The number of benzene rings is 1. The molecule has 4 rings (SSSR count). The Bertz CT molecular complexity index is 801. The third kappa shape index (κ3) is 4.82. The number of anilines is 1. The van der Waals surface area contributed by atoms with Gasteiger partial charge in [-0.3, -0.25) is 9.69 Å². The number of rotatable bonds is 5. The van der Waals surface area contributed by atoms with Gasteiger partial charge in [0.2, 0.25) is 0 Å². The van der Waals surface area contributed by atoms with Crippen LogP contribution in [-0.4, -0.2) is 79.5 Å². The number of carbonyl (C=O) groups is 1. The van der Waals surface area contributed by atoms with Crippen molar-refractivity contribution in [2.75, 3.05) is 63.8 Å². The van der Waals surface area contributed by atoms with Gasteiger partial charge in [-0.2, -0.15) is 0 Å². The lowest BCUT2D eigenvalue weighted by Gasteiger charge is -2.35. The van der Waals surface area contributed by atoms with Crippen LogP contribution in [0.5, 0.6) is 0 Å². The summed E-state index contributed by atoms with van der Waals surface area (Å²) in [7, 11) is 0. The predicted molar refractivity (Wildman–Crippen MR) is 115 cm³/mol. The molecule has 0 N–H and O–H groups in total. The van der Waals surface area contributed by atoms with Crippen molar-refractivity contribution in [3.63, 3.8) is 0 Å². The number of nitrogens with zero attached hydrogens (tertiary/aromatic N) is 4. The Hall–Kier alpha value is -2.31. The molecule has 1 aromatic heterocycles. The van der Waals surface area contributed by atoms with Gasteiger partial charge in [0.15, 0.2) is 5.76 Å². The molecule has 156 valence electrons. The first-order valence-corrected chi connectivity index (χ1v) is 10.8. The van der Waals surface area contributed by atoms with Crippen molar-refractivity contribution in [1.82, 2.24) is 14.7 Å². The number of hydrogen-bond acceptors (Lipinski definition) is 5. The van der Waals surface area contributed by atoms with Gasteiger partial charge in [-0.1, -0.05) is 24.6 Å². The Balaban J connectivity index is 1.27. The molecule has 2 aliphatic heterocycles. The molecule has 1 amide bonds. The van der Waals surface area contributed by atoms with E-state index in [0.717, 1.165) is 71.2 Å². The quantitative estimate of drug-likeness (QED) is 0.777. The molecule has 1 aromatic carbocycles. The fraction of sp³-hybridized carbons (Fsp3) is 0.522. The minimum atomic E-state index is 0.0243. The van der Waals surface area contributed by atoms with E-state index in [-0.39, 0.29) is 5.91 Å². The summed E-state index contributed by atoms with van der Waals surface area (Å²) in [5.41, 5.74) is 2.59. The van der Waals surface area contributed by atoms with Crippen molar-refractivity contribution in [3.8, 4) is 0 Å². The van der Waals surface area contributed by atoms with Gasteiger partial charge in [0.25, 0.3) is 5.91 Å². The molecule has 2 aromatic rings. The lowest BCUT2D eigenvalue weighted by Crippen LogP contribution is -2.48. The first-order chi connectivity index (χ1) is 14.1. The summed E-state index contributed by atoms with van der Waals surface area (Å²) in [5, 5.41) is 0. The summed E-state index contributed by atoms with van der Waals surface area (Å²) in [6.07, 6.45) is 0. The molecule has 2 aliphatic rings. The second-order valence-corrected chi connectivity index (χ2v) is 8.09. The number of furan rings is 1. The Kier molecular flexibility index (Phi) is 6.21. The smallest absolute Gasteiger partial charge is 0.289 e. The minimum absolute atomic E-state index is 0.0243. The summed E-state index contributed by atoms with van der Waals surface area (Å²) in [4.78, 5) is 21.8. The van der Waals surface area contributed by atoms with Crippen LogP contribution in [0, 0.1) is 6.92 Å². The fourth-order valence-electron chi connectivity index (χ4n) is 4.14. The van der Waals surface area contributed by atoms with E-state index in [1.165, 1.54) is 11.3 Å². The van der Waals surface area contributed by atoms with Crippen LogP contribution in [0.15, 0.2) is 40.8 Å². The van der Waals surface area contributed by atoms with E-state index in [2.05, 4.69) is 52.8 Å². The van der Waals surface area contributed by atoms with Crippen LogP contribution in [0.25, 0.3) is 0 Å². The highest BCUT2D eigenvalue weighted by Crippen LogP contribution is 2.19. The van der Waals surface area contributed by atoms with Gasteiger partial charge in [-0.25, -0.2) is 0 Å². The van der Waals surface area contributed by atoms with E-state index < -0.39 is 0 Å². The third-order valence-electron chi connectivity index (χ3n) is 6.13. The van der Waals surface area contributed by atoms with Gasteiger partial charge in [-0.15, -0.1) is 0 Å². The number of likely N-dealkylation sites (N-methyl/N-ethyl adjacent to an activating group) is 1. The van der Waals surface area contributed by atoms with Crippen molar-refractivity contribution < 1.29 is 9.21 Å². The molecule has 0 unspecified atom stereocenters. The van der Waals surface area contributed by atoms with E-state index in [4.69, 9.17) is 4.42 Å². The van der Waals surface area contributed by atoms with Crippen LogP contribution < -0.4 is 4.90 Å². The number of amides is 1. The Morgan fingerprint density at radius 1 is 0.862 bits per heavy atom. The summed E-state index contributed by atoms with van der Waals surface area (Å²) in [5.74, 6) is 1.38. The molecule has 2 fully saturated rings. The highest BCUT2D eigenvalue weighted by atomic mass is 16.4. The fourth-order valence-corrected chi connectivity index (χ4v) is 4.14. The maximum absolute atomic E-state index is 12.7. The Morgan fingerprint density at radius 2 is 1.52 bits per heavy atom. The maximum atomic E-state index is 12.7. The molecule has 0 aliphatic carbocycles. The van der Waals surface area contributed by atoms with Crippen molar-refractivity contribution in [1.29, 1.82) is 0 Å². The van der Waals surface area contributed by atoms with Crippen molar-refractivity contribution in [3.05, 3.63) is 53.5 Å². The van der Waals surface area contributed by atoms with Crippen LogP contribution in [0.4, 0.5) is 5.69 Å². The van der Waals surface area contributed by atoms with E-state index in [1.807, 2.05) is 17.0 Å². The van der Waals surface area contributed by atoms with Gasteiger partial charge in [-0.05, 0) is 37.7 Å².